The van der Waals surface area contributed by atoms with Gasteiger partial charge in [-0.25, -0.2) is 4.98 Å². The zero-order valence-electron chi connectivity index (χ0n) is 13.4. The van der Waals surface area contributed by atoms with Gasteiger partial charge in [0.1, 0.15) is 5.84 Å². The van der Waals surface area contributed by atoms with Gasteiger partial charge in [0.25, 0.3) is 0 Å². The molecule has 124 valence electrons. The Labute approximate surface area is 144 Å². The molecule has 0 aromatic carbocycles. The number of amidine groups is 1. The molecule has 0 amide bonds. The number of imidazole rings is 1. The van der Waals surface area contributed by atoms with E-state index in [-0.39, 0.29) is 23.4 Å². The van der Waals surface area contributed by atoms with E-state index in [9.17, 15) is 0 Å². The molecule has 3 heterocycles. The van der Waals surface area contributed by atoms with E-state index in [0.29, 0.717) is 17.9 Å². The van der Waals surface area contributed by atoms with Gasteiger partial charge in [0.05, 0.1) is 25.0 Å². The fourth-order valence-corrected chi connectivity index (χ4v) is 3.08. The monoisotopic (exact) mass is 343 g/mol. The lowest BCUT2D eigenvalue weighted by Crippen LogP contribution is -2.35. The van der Waals surface area contributed by atoms with E-state index in [1.807, 2.05) is 16.7 Å². The minimum Gasteiger partial charge on any atom is -0.364 e. The van der Waals surface area contributed by atoms with Crippen LogP contribution in [-0.2, 0) is 0 Å². The van der Waals surface area contributed by atoms with Crippen molar-refractivity contribution in [3.63, 3.8) is 0 Å². The third-order valence-electron chi connectivity index (χ3n) is 4.12. The van der Waals surface area contributed by atoms with Crippen molar-refractivity contribution in [3.05, 3.63) is 35.9 Å². The van der Waals surface area contributed by atoms with Crippen LogP contribution in [-0.4, -0.2) is 44.0 Å². The summed E-state index contributed by atoms with van der Waals surface area (Å²) in [6, 6.07) is 0.651. The first-order valence-electron chi connectivity index (χ1n) is 7.94. The molecule has 2 atom stereocenters. The molecular weight excluding hydrogens is 326 g/mol. The maximum atomic E-state index is 6.08. The number of hydrogen-bond acceptors (Lipinski definition) is 6. The molecule has 2 unspecified atom stereocenters. The predicted octanol–water partition coefficient (Wildman–Crippen LogP) is 2.34. The van der Waals surface area contributed by atoms with Crippen LogP contribution in [0.1, 0.15) is 19.9 Å². The first-order valence-corrected chi connectivity index (χ1v) is 8.32. The lowest BCUT2D eigenvalue weighted by Gasteiger charge is -2.14. The standard InChI is InChI=1S/C16H18ClN7/c1-9(2)24-8-19-13-14(22-16(17)23-15(13)24)18-7-12-20-10-5-3-4-6-11(10)21-12/h3-6,8-11H,7H2,1-2H3,(H,20,21)(H,18,22,23). The molecule has 2 aromatic rings. The van der Waals surface area contributed by atoms with E-state index in [1.165, 1.54) is 0 Å². The summed E-state index contributed by atoms with van der Waals surface area (Å²) in [6.45, 7) is 4.68. The highest BCUT2D eigenvalue weighted by Crippen LogP contribution is 2.23. The smallest absolute Gasteiger partial charge is 0.226 e. The van der Waals surface area contributed by atoms with E-state index in [4.69, 9.17) is 11.6 Å². The van der Waals surface area contributed by atoms with Gasteiger partial charge in [-0.2, -0.15) is 9.97 Å². The molecule has 1 aliphatic heterocycles. The minimum atomic E-state index is 0.168. The van der Waals surface area contributed by atoms with Crippen LogP contribution in [0.3, 0.4) is 0 Å². The van der Waals surface area contributed by atoms with Crippen LogP contribution in [0.5, 0.6) is 0 Å². The Balaban J connectivity index is 1.57. The summed E-state index contributed by atoms with van der Waals surface area (Å²) >= 11 is 6.08. The maximum absolute atomic E-state index is 6.08. The average molecular weight is 344 g/mol. The summed E-state index contributed by atoms with van der Waals surface area (Å²) in [5, 5.41) is 6.88. The molecule has 2 N–H and O–H groups in total. The lowest BCUT2D eigenvalue weighted by molar-refractivity contribution is 0.612. The molecule has 7 nitrogen and oxygen atoms in total. The zero-order chi connectivity index (χ0) is 16.7. The predicted molar refractivity (Wildman–Crippen MR) is 95.6 cm³/mol. The van der Waals surface area contributed by atoms with Gasteiger partial charge in [-0.1, -0.05) is 24.3 Å². The van der Waals surface area contributed by atoms with Crippen molar-refractivity contribution in [2.24, 2.45) is 4.99 Å². The van der Waals surface area contributed by atoms with Gasteiger partial charge in [-0.15, -0.1) is 0 Å². The summed E-state index contributed by atoms with van der Waals surface area (Å²) in [5.41, 5.74) is 1.44. The van der Waals surface area contributed by atoms with E-state index < -0.39 is 0 Å². The number of anilines is 1. The van der Waals surface area contributed by atoms with E-state index >= 15 is 0 Å². The maximum Gasteiger partial charge on any atom is 0.226 e. The first-order chi connectivity index (χ1) is 11.6. The number of rotatable bonds is 4. The first kappa shape index (κ1) is 15.1. The van der Waals surface area contributed by atoms with Crippen molar-refractivity contribution in [1.82, 2.24) is 24.8 Å². The summed E-state index contributed by atoms with van der Waals surface area (Å²) in [7, 11) is 0. The zero-order valence-corrected chi connectivity index (χ0v) is 14.2. The number of hydrogen-bond donors (Lipinski definition) is 2. The van der Waals surface area contributed by atoms with Crippen LogP contribution in [0.25, 0.3) is 11.2 Å². The minimum absolute atomic E-state index is 0.168. The third-order valence-corrected chi connectivity index (χ3v) is 4.29. The van der Waals surface area contributed by atoms with Gasteiger partial charge in [0.2, 0.25) is 5.28 Å². The molecule has 0 fully saturated rings. The second-order valence-electron chi connectivity index (χ2n) is 6.12. The molecular formula is C16H18ClN7. The van der Waals surface area contributed by atoms with Gasteiger partial charge in [0.15, 0.2) is 17.0 Å². The van der Waals surface area contributed by atoms with Crippen molar-refractivity contribution >= 4 is 34.4 Å². The summed E-state index contributed by atoms with van der Waals surface area (Å²) in [4.78, 5) is 17.7. The van der Waals surface area contributed by atoms with Crippen molar-refractivity contribution in [3.8, 4) is 0 Å². The van der Waals surface area contributed by atoms with Crippen LogP contribution in [0, 0.1) is 0 Å². The number of aromatic nitrogens is 4. The number of nitrogens with one attached hydrogen (secondary N) is 2. The highest BCUT2D eigenvalue weighted by atomic mass is 35.5. The van der Waals surface area contributed by atoms with Crippen LogP contribution in [0.15, 0.2) is 35.6 Å². The fraction of sp³-hybridized carbons (Fsp3) is 0.375. The average Bonchev–Trinajstić information content (AvgIpc) is 3.15. The molecule has 2 aromatic heterocycles. The summed E-state index contributed by atoms with van der Waals surface area (Å²) < 4.78 is 1.98. The van der Waals surface area contributed by atoms with Crippen LogP contribution in [0.2, 0.25) is 5.28 Å². The normalized spacial score (nSPS) is 21.9. The van der Waals surface area contributed by atoms with E-state index in [1.54, 1.807) is 6.33 Å². The number of allylic oxidation sites excluding steroid dienone is 2. The molecule has 0 bridgehead atoms. The van der Waals surface area contributed by atoms with Crippen molar-refractivity contribution in [2.45, 2.75) is 32.0 Å². The Morgan fingerprint density at radius 2 is 2.12 bits per heavy atom. The van der Waals surface area contributed by atoms with Gasteiger partial charge < -0.3 is 15.2 Å². The topological polar surface area (TPSA) is 80.0 Å². The molecule has 0 saturated heterocycles. The Morgan fingerprint density at radius 3 is 2.92 bits per heavy atom. The van der Waals surface area contributed by atoms with Crippen LogP contribution >= 0.6 is 11.6 Å². The molecule has 0 radical (unpaired) electrons. The van der Waals surface area contributed by atoms with Gasteiger partial charge in [0, 0.05) is 6.04 Å². The molecule has 0 saturated carbocycles. The lowest BCUT2D eigenvalue weighted by atomic mass is 10.1. The Bertz CT molecular complexity index is 865. The summed E-state index contributed by atoms with van der Waals surface area (Å²) in [6.07, 6.45) is 10.0. The van der Waals surface area contributed by atoms with Gasteiger partial charge in [-0.3, -0.25) is 4.99 Å². The van der Waals surface area contributed by atoms with Gasteiger partial charge >= 0.3 is 0 Å². The second-order valence-corrected chi connectivity index (χ2v) is 6.46. The van der Waals surface area contributed by atoms with E-state index in [2.05, 4.69) is 56.6 Å². The third kappa shape index (κ3) is 2.65. The SMILES string of the molecule is CC(C)n1cnc2c(NCC3=NC4C=CC=CC4N3)nc(Cl)nc21. The highest BCUT2D eigenvalue weighted by molar-refractivity contribution is 6.28. The second kappa shape index (κ2) is 5.90. The molecule has 4 rings (SSSR count). The number of halogens is 1. The fourth-order valence-electron chi connectivity index (χ4n) is 2.92. The Morgan fingerprint density at radius 1 is 1.29 bits per heavy atom. The number of aliphatic imine (C=N–C) groups is 1. The molecule has 24 heavy (non-hydrogen) atoms. The molecule has 1 aliphatic carbocycles. The largest absolute Gasteiger partial charge is 0.364 e. The Hall–Kier alpha value is -2.41. The van der Waals surface area contributed by atoms with Crippen molar-refractivity contribution in [1.29, 1.82) is 0 Å². The number of fused-ring (bicyclic) bond motifs is 2. The quantitative estimate of drug-likeness (QED) is 0.833. The molecule has 0 spiro atoms. The molecule has 2 aliphatic rings. The van der Waals surface area contributed by atoms with E-state index in [0.717, 1.165) is 11.5 Å². The summed E-state index contributed by atoms with van der Waals surface area (Å²) in [5.74, 6) is 1.52. The van der Waals surface area contributed by atoms with Crippen LogP contribution in [0.4, 0.5) is 5.82 Å². The molecule has 8 heteroatoms. The highest BCUT2D eigenvalue weighted by Gasteiger charge is 2.25. The Kier molecular flexibility index (Phi) is 3.72. The van der Waals surface area contributed by atoms with Crippen LogP contribution < -0.4 is 10.6 Å². The number of nitrogens with zero attached hydrogens (tertiary/aromatic N) is 5. The van der Waals surface area contributed by atoms with Crippen molar-refractivity contribution < 1.29 is 0 Å². The van der Waals surface area contributed by atoms with Gasteiger partial charge in [-0.05, 0) is 25.4 Å². The van der Waals surface area contributed by atoms with Crippen molar-refractivity contribution in [2.75, 3.05) is 11.9 Å².